The molecule has 1 aromatic carbocycles. The Morgan fingerprint density at radius 3 is 2.57 bits per heavy atom. The van der Waals surface area contributed by atoms with Gasteiger partial charge in [-0.25, -0.2) is 12.8 Å². The highest BCUT2D eigenvalue weighted by molar-refractivity contribution is 7.91. The summed E-state index contributed by atoms with van der Waals surface area (Å²) >= 11 is 0. The molecule has 0 spiro atoms. The second-order valence-electron chi connectivity index (χ2n) is 6.84. The van der Waals surface area contributed by atoms with Crippen LogP contribution >= 0.6 is 12.4 Å². The first-order chi connectivity index (χ1) is 12.7. The zero-order valence-electron chi connectivity index (χ0n) is 15.8. The monoisotopic (exact) mass is 435 g/mol. The number of nitrogens with zero attached hydrogens (tertiary/aromatic N) is 1. The van der Waals surface area contributed by atoms with Gasteiger partial charge in [0.2, 0.25) is 11.8 Å². The lowest BCUT2D eigenvalue weighted by Gasteiger charge is -2.33. The lowest BCUT2D eigenvalue weighted by Crippen LogP contribution is -2.48. The third-order valence-electron chi connectivity index (χ3n) is 4.61. The van der Waals surface area contributed by atoms with Crippen molar-refractivity contribution in [1.29, 1.82) is 0 Å². The molecule has 2 amide bonds. The summed E-state index contributed by atoms with van der Waals surface area (Å²) < 4.78 is 37.9. The number of nitrogens with two attached hydrogens (primary N) is 1. The molecule has 7 nitrogen and oxygen atoms in total. The van der Waals surface area contributed by atoms with E-state index in [9.17, 15) is 22.4 Å². The van der Waals surface area contributed by atoms with Gasteiger partial charge in [0.25, 0.3) is 0 Å². The van der Waals surface area contributed by atoms with E-state index in [0.29, 0.717) is 32.5 Å². The minimum Gasteiger partial charge on any atom is -0.355 e. The van der Waals surface area contributed by atoms with Crippen molar-refractivity contribution in [3.8, 4) is 0 Å². The van der Waals surface area contributed by atoms with Gasteiger partial charge >= 0.3 is 0 Å². The third-order valence-corrected chi connectivity index (χ3v) is 6.54. The van der Waals surface area contributed by atoms with E-state index >= 15 is 0 Å². The molecular weight excluding hydrogens is 409 g/mol. The molecule has 0 radical (unpaired) electrons. The molecule has 0 bridgehead atoms. The Balaban J connectivity index is 0.00000392. The Kier molecular flexibility index (Phi) is 9.32. The van der Waals surface area contributed by atoms with E-state index in [-0.39, 0.29) is 47.3 Å². The average molecular weight is 436 g/mol. The smallest absolute Gasteiger partial charge is 0.226 e. The third kappa shape index (κ3) is 6.42. The maximum absolute atomic E-state index is 13.0. The average Bonchev–Trinajstić information content (AvgIpc) is 2.65. The van der Waals surface area contributed by atoms with Gasteiger partial charge in [-0.1, -0.05) is 6.92 Å². The van der Waals surface area contributed by atoms with Crippen molar-refractivity contribution in [2.75, 3.05) is 31.9 Å². The number of sulfone groups is 1. The van der Waals surface area contributed by atoms with Crippen molar-refractivity contribution in [2.24, 2.45) is 17.6 Å². The molecule has 1 fully saturated rings. The molecule has 2 atom stereocenters. The molecule has 1 aliphatic rings. The molecular formula is C18H27ClFN3O4S. The molecule has 10 heteroatoms. The van der Waals surface area contributed by atoms with Crippen molar-refractivity contribution in [3.05, 3.63) is 30.1 Å². The van der Waals surface area contributed by atoms with Crippen LogP contribution in [0.3, 0.4) is 0 Å². The number of piperidine rings is 1. The highest BCUT2D eigenvalue weighted by atomic mass is 35.5. The first-order valence-electron chi connectivity index (χ1n) is 8.99. The standard InChI is InChI=1S/C18H26FN3O4S.ClH/c1-13(12-27(25,26)16-6-4-15(19)5-7-16)18(24)22-10-2-3-14(11-22)17(23)21-9-8-20;/h4-7,13-14H,2-3,8-12,20H2,1H3,(H,21,23);1H. The van der Waals surface area contributed by atoms with Gasteiger partial charge in [0.05, 0.1) is 16.6 Å². The van der Waals surface area contributed by atoms with E-state index in [1.54, 1.807) is 11.8 Å². The van der Waals surface area contributed by atoms with Crippen LogP contribution in [0.15, 0.2) is 29.2 Å². The van der Waals surface area contributed by atoms with Crippen LogP contribution in [0, 0.1) is 17.7 Å². The Morgan fingerprint density at radius 2 is 1.96 bits per heavy atom. The fraction of sp³-hybridized carbons (Fsp3) is 0.556. The van der Waals surface area contributed by atoms with E-state index < -0.39 is 21.6 Å². The van der Waals surface area contributed by atoms with Gasteiger partial charge in [0.15, 0.2) is 9.84 Å². The predicted molar refractivity (Wildman–Crippen MR) is 106 cm³/mol. The van der Waals surface area contributed by atoms with Gasteiger partial charge in [-0.05, 0) is 37.1 Å². The lowest BCUT2D eigenvalue weighted by atomic mass is 9.96. The van der Waals surface area contributed by atoms with Gasteiger partial charge in [-0.15, -0.1) is 12.4 Å². The summed E-state index contributed by atoms with van der Waals surface area (Å²) in [7, 11) is -3.71. The zero-order chi connectivity index (χ0) is 20.0. The Morgan fingerprint density at radius 1 is 1.32 bits per heavy atom. The van der Waals surface area contributed by atoms with E-state index in [4.69, 9.17) is 5.73 Å². The molecule has 3 N–H and O–H groups in total. The Hall–Kier alpha value is -1.71. The Labute approximate surface area is 171 Å². The second kappa shape index (κ2) is 10.7. The van der Waals surface area contributed by atoms with Crippen molar-refractivity contribution >= 4 is 34.1 Å². The summed E-state index contributed by atoms with van der Waals surface area (Å²) in [5.74, 6) is -2.38. The van der Waals surface area contributed by atoms with Crippen molar-refractivity contribution in [1.82, 2.24) is 10.2 Å². The molecule has 1 aliphatic heterocycles. The van der Waals surface area contributed by atoms with Crippen LogP contribution in [0.25, 0.3) is 0 Å². The van der Waals surface area contributed by atoms with Crippen LogP contribution in [0.2, 0.25) is 0 Å². The van der Waals surface area contributed by atoms with Crippen molar-refractivity contribution < 1.29 is 22.4 Å². The van der Waals surface area contributed by atoms with Crippen molar-refractivity contribution in [3.63, 3.8) is 0 Å². The van der Waals surface area contributed by atoms with Crippen LogP contribution in [-0.2, 0) is 19.4 Å². The molecule has 2 rings (SSSR count). The minimum absolute atomic E-state index is 0. The summed E-state index contributed by atoms with van der Waals surface area (Å²) in [6.45, 7) is 3.06. The van der Waals surface area contributed by atoms with E-state index in [0.717, 1.165) is 12.1 Å². The first-order valence-corrected chi connectivity index (χ1v) is 10.6. The van der Waals surface area contributed by atoms with E-state index in [1.165, 1.54) is 12.1 Å². The normalized spacial score (nSPS) is 18.1. The van der Waals surface area contributed by atoms with Gasteiger partial charge in [-0.3, -0.25) is 9.59 Å². The largest absolute Gasteiger partial charge is 0.355 e. The SMILES string of the molecule is CC(CS(=O)(=O)c1ccc(F)cc1)C(=O)N1CCCC(C(=O)NCCN)C1.Cl. The lowest BCUT2D eigenvalue weighted by molar-refractivity contribution is -0.138. The number of nitrogens with one attached hydrogen (secondary N) is 1. The number of likely N-dealkylation sites (tertiary alicyclic amines) is 1. The molecule has 1 aromatic rings. The van der Waals surface area contributed by atoms with Crippen molar-refractivity contribution in [2.45, 2.75) is 24.7 Å². The Bertz CT molecular complexity index is 774. The summed E-state index contributed by atoms with van der Waals surface area (Å²) in [4.78, 5) is 26.3. The first kappa shape index (κ1) is 24.3. The number of rotatable bonds is 7. The summed E-state index contributed by atoms with van der Waals surface area (Å²) in [5.41, 5.74) is 5.38. The number of halogens is 2. The van der Waals surface area contributed by atoms with Crippen LogP contribution < -0.4 is 11.1 Å². The van der Waals surface area contributed by atoms with Crippen LogP contribution in [0.1, 0.15) is 19.8 Å². The van der Waals surface area contributed by atoms with E-state index in [2.05, 4.69) is 5.32 Å². The fourth-order valence-electron chi connectivity index (χ4n) is 3.18. The maximum Gasteiger partial charge on any atom is 0.226 e. The van der Waals surface area contributed by atoms with E-state index in [1.807, 2.05) is 0 Å². The van der Waals surface area contributed by atoms with Crippen LogP contribution in [-0.4, -0.2) is 57.1 Å². The molecule has 1 saturated heterocycles. The number of amides is 2. The van der Waals surface area contributed by atoms with Gasteiger partial charge in [0.1, 0.15) is 5.82 Å². The molecule has 28 heavy (non-hydrogen) atoms. The fourth-order valence-corrected chi connectivity index (χ4v) is 4.73. The highest BCUT2D eigenvalue weighted by Crippen LogP contribution is 2.21. The molecule has 2 unspecified atom stereocenters. The summed E-state index contributed by atoms with van der Waals surface area (Å²) in [5, 5.41) is 2.73. The van der Waals surface area contributed by atoms with Gasteiger partial charge in [0, 0.05) is 32.1 Å². The number of carbonyl (C=O) groups excluding carboxylic acids is 2. The molecule has 1 heterocycles. The number of hydrogen-bond acceptors (Lipinski definition) is 5. The maximum atomic E-state index is 13.0. The van der Waals surface area contributed by atoms with Crippen LogP contribution in [0.4, 0.5) is 4.39 Å². The number of carbonyl (C=O) groups is 2. The van der Waals surface area contributed by atoms with Gasteiger partial charge < -0.3 is 16.0 Å². The highest BCUT2D eigenvalue weighted by Gasteiger charge is 2.32. The van der Waals surface area contributed by atoms with Crippen LogP contribution in [0.5, 0.6) is 0 Å². The molecule has 158 valence electrons. The molecule has 0 aliphatic carbocycles. The summed E-state index contributed by atoms with van der Waals surface area (Å²) in [6.07, 6.45) is 1.37. The number of benzene rings is 1. The molecule has 0 aromatic heterocycles. The van der Waals surface area contributed by atoms with Gasteiger partial charge in [-0.2, -0.15) is 0 Å². The molecule has 0 saturated carbocycles. The quantitative estimate of drug-likeness (QED) is 0.620. The topological polar surface area (TPSA) is 110 Å². The zero-order valence-corrected chi connectivity index (χ0v) is 17.4. The minimum atomic E-state index is -3.71. The predicted octanol–water partition coefficient (Wildman–Crippen LogP) is 0.971. The second-order valence-corrected chi connectivity index (χ2v) is 8.87. The summed E-state index contributed by atoms with van der Waals surface area (Å²) in [6, 6.07) is 4.55. The number of hydrogen-bond donors (Lipinski definition) is 2.